The zero-order valence-electron chi connectivity index (χ0n) is 11.0. The standard InChI is InChI=1S/C13H17N3O3/c1-3-18-6-8(2)19-12-5-11-9(4-10(12)14)13(17)16-7-15-11/h4-5,7-8H,3,6,14H2,1-2H3,(H,15,16,17). The van der Waals surface area contributed by atoms with E-state index >= 15 is 0 Å². The number of anilines is 1. The molecule has 1 aromatic heterocycles. The van der Waals surface area contributed by atoms with Gasteiger partial charge in [-0.25, -0.2) is 4.98 Å². The second-order valence-electron chi connectivity index (χ2n) is 4.23. The molecular weight excluding hydrogens is 246 g/mol. The number of ether oxygens (including phenoxy) is 2. The van der Waals surface area contributed by atoms with Crippen molar-refractivity contribution >= 4 is 16.6 Å². The van der Waals surface area contributed by atoms with E-state index < -0.39 is 0 Å². The van der Waals surface area contributed by atoms with Crippen LogP contribution in [-0.2, 0) is 4.74 Å². The van der Waals surface area contributed by atoms with Gasteiger partial charge in [-0.05, 0) is 19.9 Å². The Morgan fingerprint density at radius 3 is 3.00 bits per heavy atom. The molecule has 0 fully saturated rings. The molecule has 1 unspecified atom stereocenters. The summed E-state index contributed by atoms with van der Waals surface area (Å²) < 4.78 is 11.0. The van der Waals surface area contributed by atoms with Crippen LogP contribution in [0.3, 0.4) is 0 Å². The lowest BCUT2D eigenvalue weighted by Crippen LogP contribution is -2.20. The van der Waals surface area contributed by atoms with Crippen molar-refractivity contribution in [2.45, 2.75) is 20.0 Å². The Bertz CT molecular complexity index is 624. The summed E-state index contributed by atoms with van der Waals surface area (Å²) in [6.45, 7) is 4.94. The van der Waals surface area contributed by atoms with Crippen molar-refractivity contribution in [3.8, 4) is 5.75 Å². The molecule has 2 aromatic rings. The predicted molar refractivity (Wildman–Crippen MR) is 73.4 cm³/mol. The summed E-state index contributed by atoms with van der Waals surface area (Å²) >= 11 is 0. The van der Waals surface area contributed by atoms with Crippen molar-refractivity contribution in [3.63, 3.8) is 0 Å². The molecule has 1 heterocycles. The van der Waals surface area contributed by atoms with Gasteiger partial charge in [0.15, 0.2) is 0 Å². The Balaban J connectivity index is 2.29. The predicted octanol–water partition coefficient (Wildman–Crippen LogP) is 1.31. The van der Waals surface area contributed by atoms with E-state index in [2.05, 4.69) is 9.97 Å². The zero-order chi connectivity index (χ0) is 13.8. The fraction of sp³-hybridized carbons (Fsp3) is 0.385. The molecule has 102 valence electrons. The monoisotopic (exact) mass is 263 g/mol. The van der Waals surface area contributed by atoms with Crippen LogP contribution < -0.4 is 16.0 Å². The summed E-state index contributed by atoms with van der Waals surface area (Å²) in [5, 5.41) is 0.449. The summed E-state index contributed by atoms with van der Waals surface area (Å²) in [6, 6.07) is 3.24. The Hall–Kier alpha value is -2.08. The number of fused-ring (bicyclic) bond motifs is 1. The van der Waals surface area contributed by atoms with Crippen LogP contribution in [0.1, 0.15) is 13.8 Å². The number of nitrogens with two attached hydrogens (primary N) is 1. The summed E-state index contributed by atoms with van der Waals surface area (Å²) in [7, 11) is 0. The molecule has 2 rings (SSSR count). The van der Waals surface area contributed by atoms with Gasteiger partial charge in [0, 0.05) is 12.7 Å². The van der Waals surface area contributed by atoms with Crippen molar-refractivity contribution in [1.82, 2.24) is 9.97 Å². The SMILES string of the molecule is CCOCC(C)Oc1cc2nc[nH]c(=O)c2cc1N. The van der Waals surface area contributed by atoms with Gasteiger partial charge in [0.1, 0.15) is 11.9 Å². The highest BCUT2D eigenvalue weighted by Crippen LogP contribution is 2.26. The minimum atomic E-state index is -0.217. The highest BCUT2D eigenvalue weighted by molar-refractivity contribution is 5.84. The lowest BCUT2D eigenvalue weighted by molar-refractivity contribution is 0.0661. The Kier molecular flexibility index (Phi) is 4.01. The number of aromatic nitrogens is 2. The van der Waals surface area contributed by atoms with E-state index in [4.69, 9.17) is 15.2 Å². The lowest BCUT2D eigenvalue weighted by Gasteiger charge is -2.16. The van der Waals surface area contributed by atoms with Crippen molar-refractivity contribution in [2.75, 3.05) is 18.9 Å². The second-order valence-corrected chi connectivity index (χ2v) is 4.23. The van der Waals surface area contributed by atoms with Gasteiger partial charge < -0.3 is 20.2 Å². The van der Waals surface area contributed by atoms with Crippen LogP contribution in [0.25, 0.3) is 10.9 Å². The zero-order valence-corrected chi connectivity index (χ0v) is 11.0. The molecule has 3 N–H and O–H groups in total. The van der Waals surface area contributed by atoms with Gasteiger partial charge >= 0.3 is 0 Å². The number of hydrogen-bond donors (Lipinski definition) is 2. The third-order valence-corrected chi connectivity index (χ3v) is 2.66. The van der Waals surface area contributed by atoms with Crippen LogP contribution in [0.15, 0.2) is 23.3 Å². The van der Waals surface area contributed by atoms with Crippen LogP contribution in [0.5, 0.6) is 5.75 Å². The molecule has 0 bridgehead atoms. The fourth-order valence-corrected chi connectivity index (χ4v) is 1.75. The van der Waals surface area contributed by atoms with Gasteiger partial charge in [0.25, 0.3) is 5.56 Å². The van der Waals surface area contributed by atoms with Crippen LogP contribution in [-0.4, -0.2) is 29.3 Å². The molecule has 6 nitrogen and oxygen atoms in total. The highest BCUT2D eigenvalue weighted by atomic mass is 16.5. The molecular formula is C13H17N3O3. The summed E-state index contributed by atoms with van der Waals surface area (Å²) in [6.07, 6.45) is 1.23. The average Bonchev–Trinajstić information content (AvgIpc) is 2.38. The molecule has 0 saturated carbocycles. The molecule has 0 radical (unpaired) electrons. The number of nitrogens with one attached hydrogen (secondary N) is 1. The van der Waals surface area contributed by atoms with Gasteiger partial charge in [-0.3, -0.25) is 4.79 Å². The van der Waals surface area contributed by atoms with Crippen molar-refractivity contribution in [2.24, 2.45) is 0 Å². The second kappa shape index (κ2) is 5.71. The van der Waals surface area contributed by atoms with Gasteiger partial charge in [-0.15, -0.1) is 0 Å². The maximum Gasteiger partial charge on any atom is 0.258 e. The van der Waals surface area contributed by atoms with Crippen molar-refractivity contribution < 1.29 is 9.47 Å². The molecule has 1 aromatic carbocycles. The molecule has 0 aliphatic heterocycles. The van der Waals surface area contributed by atoms with Crippen molar-refractivity contribution in [3.05, 3.63) is 28.8 Å². The quantitative estimate of drug-likeness (QED) is 0.794. The van der Waals surface area contributed by atoms with Crippen LogP contribution >= 0.6 is 0 Å². The summed E-state index contributed by atoms with van der Waals surface area (Å²) in [5.74, 6) is 0.512. The highest BCUT2D eigenvalue weighted by Gasteiger charge is 2.10. The smallest absolute Gasteiger partial charge is 0.258 e. The molecule has 0 aliphatic carbocycles. The number of hydrogen-bond acceptors (Lipinski definition) is 5. The third kappa shape index (κ3) is 3.03. The van der Waals surface area contributed by atoms with Crippen LogP contribution in [0.4, 0.5) is 5.69 Å². The van der Waals surface area contributed by atoms with Crippen LogP contribution in [0, 0.1) is 0 Å². The lowest BCUT2D eigenvalue weighted by atomic mass is 10.2. The Morgan fingerprint density at radius 1 is 1.47 bits per heavy atom. The van der Waals surface area contributed by atoms with E-state index in [1.54, 1.807) is 12.1 Å². The average molecular weight is 263 g/mol. The Labute approximate surface area is 110 Å². The number of H-pyrrole nitrogens is 1. The third-order valence-electron chi connectivity index (χ3n) is 2.66. The first kappa shape index (κ1) is 13.4. The summed E-state index contributed by atoms with van der Waals surface area (Å²) in [4.78, 5) is 18.2. The molecule has 19 heavy (non-hydrogen) atoms. The summed E-state index contributed by atoms with van der Waals surface area (Å²) in [5.41, 5.74) is 6.63. The normalized spacial score (nSPS) is 12.5. The van der Waals surface area contributed by atoms with Gasteiger partial charge in [-0.1, -0.05) is 0 Å². The largest absolute Gasteiger partial charge is 0.486 e. The number of aromatic amines is 1. The molecule has 6 heteroatoms. The van der Waals surface area contributed by atoms with Gasteiger partial charge in [0.2, 0.25) is 0 Å². The Morgan fingerprint density at radius 2 is 2.26 bits per heavy atom. The van der Waals surface area contributed by atoms with Crippen molar-refractivity contribution in [1.29, 1.82) is 0 Å². The number of nitrogen functional groups attached to an aromatic ring is 1. The van der Waals surface area contributed by atoms with Gasteiger partial charge in [-0.2, -0.15) is 0 Å². The first-order valence-corrected chi connectivity index (χ1v) is 6.13. The topological polar surface area (TPSA) is 90.2 Å². The van der Waals surface area contributed by atoms with E-state index in [1.807, 2.05) is 13.8 Å². The number of nitrogens with zero attached hydrogens (tertiary/aromatic N) is 1. The minimum absolute atomic E-state index is 0.123. The fourth-order valence-electron chi connectivity index (χ4n) is 1.75. The van der Waals surface area contributed by atoms with E-state index in [9.17, 15) is 4.79 Å². The molecule has 0 amide bonds. The van der Waals surface area contributed by atoms with Gasteiger partial charge in [0.05, 0.1) is 29.5 Å². The minimum Gasteiger partial charge on any atom is -0.486 e. The molecule has 1 atom stereocenters. The molecule has 0 saturated heterocycles. The number of rotatable bonds is 5. The van der Waals surface area contributed by atoms with E-state index in [0.29, 0.717) is 35.6 Å². The maximum absolute atomic E-state index is 11.6. The maximum atomic E-state index is 11.6. The first-order valence-electron chi connectivity index (χ1n) is 6.13. The first-order chi connectivity index (χ1) is 9.11. The number of benzene rings is 1. The molecule has 0 aliphatic rings. The van der Waals surface area contributed by atoms with E-state index in [0.717, 1.165) is 0 Å². The van der Waals surface area contributed by atoms with E-state index in [-0.39, 0.29) is 11.7 Å². The van der Waals surface area contributed by atoms with E-state index in [1.165, 1.54) is 6.33 Å². The van der Waals surface area contributed by atoms with Crippen LogP contribution in [0.2, 0.25) is 0 Å². The molecule has 0 spiro atoms.